The number of nitrogens with zero attached hydrogens (tertiary/aromatic N) is 2. The van der Waals surface area contributed by atoms with Crippen molar-refractivity contribution in [2.45, 2.75) is 13.3 Å². The molecule has 1 aliphatic rings. The zero-order valence-electron chi connectivity index (χ0n) is 12.4. The number of carbonyl (C=O) groups is 1. The number of esters is 1. The molecule has 0 bridgehead atoms. The van der Waals surface area contributed by atoms with Gasteiger partial charge >= 0.3 is 5.97 Å². The molecule has 1 saturated heterocycles. The van der Waals surface area contributed by atoms with Crippen molar-refractivity contribution in [3.63, 3.8) is 0 Å². The molecule has 0 aromatic rings. The van der Waals surface area contributed by atoms with E-state index >= 15 is 0 Å². The number of allylic oxidation sites excluding steroid dienone is 1. The summed E-state index contributed by atoms with van der Waals surface area (Å²) in [6.45, 7) is 8.41. The molecule has 0 saturated carbocycles. The molecule has 1 aliphatic heterocycles. The molecule has 0 aliphatic carbocycles. The SMILES string of the molecule is C=C(/C(=C\C(=C/C)C(=O)OC)[N+](=O)[O-])N1CCCNCC1. The first-order valence-corrected chi connectivity index (χ1v) is 6.77. The topological polar surface area (TPSA) is 84.7 Å². The van der Waals surface area contributed by atoms with E-state index in [2.05, 4.69) is 16.6 Å². The molecule has 7 heteroatoms. The maximum Gasteiger partial charge on any atom is 0.337 e. The Bertz CT molecular complexity index is 475. The van der Waals surface area contributed by atoms with Gasteiger partial charge in [-0.25, -0.2) is 4.79 Å². The largest absolute Gasteiger partial charge is 0.465 e. The number of carbonyl (C=O) groups excluding carboxylic acids is 1. The van der Waals surface area contributed by atoms with E-state index in [1.807, 2.05) is 4.90 Å². The minimum Gasteiger partial charge on any atom is -0.465 e. The van der Waals surface area contributed by atoms with E-state index < -0.39 is 10.9 Å². The Morgan fingerprint density at radius 1 is 1.43 bits per heavy atom. The summed E-state index contributed by atoms with van der Waals surface area (Å²) in [5.74, 6) is -0.609. The summed E-state index contributed by atoms with van der Waals surface area (Å²) >= 11 is 0. The summed E-state index contributed by atoms with van der Waals surface area (Å²) in [7, 11) is 1.24. The first kappa shape index (κ1) is 16.9. The van der Waals surface area contributed by atoms with Crippen LogP contribution in [0.4, 0.5) is 0 Å². The lowest BCUT2D eigenvalue weighted by Crippen LogP contribution is -2.29. The zero-order chi connectivity index (χ0) is 15.8. The van der Waals surface area contributed by atoms with E-state index in [-0.39, 0.29) is 11.3 Å². The fourth-order valence-corrected chi connectivity index (χ4v) is 2.04. The Labute approximate surface area is 124 Å². The predicted molar refractivity (Wildman–Crippen MR) is 79.1 cm³/mol. The van der Waals surface area contributed by atoms with Crippen molar-refractivity contribution in [3.05, 3.63) is 45.8 Å². The van der Waals surface area contributed by atoms with Gasteiger partial charge in [0.15, 0.2) is 0 Å². The normalized spacial score (nSPS) is 17.1. The van der Waals surface area contributed by atoms with Gasteiger partial charge in [-0.05, 0) is 19.9 Å². The molecule has 0 aromatic carbocycles. The smallest absolute Gasteiger partial charge is 0.337 e. The minimum absolute atomic E-state index is 0.137. The molecule has 1 fully saturated rings. The number of nitrogens with one attached hydrogen (secondary N) is 1. The van der Waals surface area contributed by atoms with Crippen LogP contribution in [0.5, 0.6) is 0 Å². The van der Waals surface area contributed by atoms with Gasteiger partial charge in [-0.2, -0.15) is 0 Å². The van der Waals surface area contributed by atoms with E-state index in [9.17, 15) is 14.9 Å². The molecule has 116 valence electrons. The molecule has 0 radical (unpaired) electrons. The van der Waals surface area contributed by atoms with Gasteiger partial charge in [0.2, 0.25) is 0 Å². The number of hydrogen-bond acceptors (Lipinski definition) is 6. The molecular weight excluding hydrogens is 274 g/mol. The second kappa shape index (κ2) is 8.21. The van der Waals surface area contributed by atoms with Crippen LogP contribution in [0.3, 0.4) is 0 Å². The van der Waals surface area contributed by atoms with Gasteiger partial charge in [-0.1, -0.05) is 12.7 Å². The highest BCUT2D eigenvalue weighted by molar-refractivity contribution is 5.91. The van der Waals surface area contributed by atoms with Crippen LogP contribution in [-0.4, -0.2) is 49.1 Å². The van der Waals surface area contributed by atoms with Crippen LogP contribution in [0.1, 0.15) is 13.3 Å². The van der Waals surface area contributed by atoms with Gasteiger partial charge in [-0.15, -0.1) is 0 Å². The third-order valence-corrected chi connectivity index (χ3v) is 3.24. The fourth-order valence-electron chi connectivity index (χ4n) is 2.04. The van der Waals surface area contributed by atoms with Crippen LogP contribution in [0.25, 0.3) is 0 Å². The molecule has 1 N–H and O–H groups in total. The molecule has 0 spiro atoms. The average Bonchev–Trinajstić information content (AvgIpc) is 2.75. The lowest BCUT2D eigenvalue weighted by atomic mass is 10.1. The lowest BCUT2D eigenvalue weighted by Gasteiger charge is -2.22. The molecule has 1 heterocycles. The summed E-state index contributed by atoms with van der Waals surface area (Å²) in [6, 6.07) is 0. The standard InChI is InChI=1S/C14H21N3O4/c1-4-12(14(18)21-3)10-13(17(19)20)11(2)16-8-5-6-15-7-9-16/h4,10,15H,2,5-9H2,1,3H3/b12-4+,13-10+. The van der Waals surface area contributed by atoms with Crippen LogP contribution >= 0.6 is 0 Å². The van der Waals surface area contributed by atoms with Crippen molar-refractivity contribution < 1.29 is 14.5 Å². The first-order chi connectivity index (χ1) is 10.0. The number of rotatable bonds is 5. The quantitative estimate of drug-likeness (QED) is 0.268. The van der Waals surface area contributed by atoms with E-state index in [0.29, 0.717) is 18.8 Å². The summed E-state index contributed by atoms with van der Waals surface area (Å²) < 4.78 is 4.60. The number of hydrogen-bond donors (Lipinski definition) is 1. The van der Waals surface area contributed by atoms with E-state index in [1.54, 1.807) is 6.92 Å². The number of nitro groups is 1. The van der Waals surface area contributed by atoms with E-state index in [0.717, 1.165) is 19.5 Å². The van der Waals surface area contributed by atoms with Crippen LogP contribution < -0.4 is 5.32 Å². The Kier molecular flexibility index (Phi) is 6.61. The second-order valence-electron chi connectivity index (χ2n) is 4.56. The summed E-state index contributed by atoms with van der Waals surface area (Å²) in [4.78, 5) is 24.2. The van der Waals surface area contributed by atoms with Gasteiger partial charge in [0, 0.05) is 25.7 Å². The van der Waals surface area contributed by atoms with E-state index in [4.69, 9.17) is 0 Å². The highest BCUT2D eigenvalue weighted by atomic mass is 16.6. The molecule has 1 rings (SSSR count). The minimum atomic E-state index is -0.609. The zero-order valence-corrected chi connectivity index (χ0v) is 12.4. The van der Waals surface area contributed by atoms with Crippen LogP contribution in [0, 0.1) is 10.1 Å². The second-order valence-corrected chi connectivity index (χ2v) is 4.56. The molecule has 21 heavy (non-hydrogen) atoms. The van der Waals surface area contributed by atoms with Crippen LogP contribution in [-0.2, 0) is 9.53 Å². The molecule has 7 nitrogen and oxygen atoms in total. The van der Waals surface area contributed by atoms with Gasteiger partial charge in [0.1, 0.15) is 5.70 Å². The lowest BCUT2D eigenvalue weighted by molar-refractivity contribution is -0.422. The average molecular weight is 295 g/mol. The molecule has 0 aromatic heterocycles. The van der Waals surface area contributed by atoms with Gasteiger partial charge in [-0.3, -0.25) is 10.1 Å². The molecule has 0 amide bonds. The van der Waals surface area contributed by atoms with Crippen LogP contribution in [0.2, 0.25) is 0 Å². The highest BCUT2D eigenvalue weighted by Gasteiger charge is 2.24. The molecular formula is C14H21N3O4. The third kappa shape index (κ3) is 4.71. The van der Waals surface area contributed by atoms with Crippen LogP contribution in [0.15, 0.2) is 35.7 Å². The van der Waals surface area contributed by atoms with Gasteiger partial charge in [0.05, 0.1) is 17.6 Å². The van der Waals surface area contributed by atoms with Crippen molar-refractivity contribution in [1.29, 1.82) is 0 Å². The third-order valence-electron chi connectivity index (χ3n) is 3.24. The van der Waals surface area contributed by atoms with Crippen molar-refractivity contribution in [2.24, 2.45) is 0 Å². The Hall–Kier alpha value is -2.15. The fraction of sp³-hybridized carbons (Fsp3) is 0.500. The monoisotopic (exact) mass is 295 g/mol. The Morgan fingerprint density at radius 3 is 2.71 bits per heavy atom. The van der Waals surface area contributed by atoms with Gasteiger partial charge in [0.25, 0.3) is 5.70 Å². The molecule has 0 unspecified atom stereocenters. The van der Waals surface area contributed by atoms with Crippen molar-refractivity contribution in [2.75, 3.05) is 33.3 Å². The molecule has 0 atom stereocenters. The Morgan fingerprint density at radius 2 is 2.14 bits per heavy atom. The first-order valence-electron chi connectivity index (χ1n) is 6.77. The predicted octanol–water partition coefficient (Wildman–Crippen LogP) is 1.08. The Balaban J connectivity index is 3.02. The maximum atomic E-state index is 11.5. The van der Waals surface area contributed by atoms with Gasteiger partial charge < -0.3 is 15.0 Å². The van der Waals surface area contributed by atoms with Crippen molar-refractivity contribution in [3.8, 4) is 0 Å². The van der Waals surface area contributed by atoms with Crippen molar-refractivity contribution in [1.82, 2.24) is 10.2 Å². The number of ether oxygens (including phenoxy) is 1. The maximum absolute atomic E-state index is 11.5. The summed E-state index contributed by atoms with van der Waals surface area (Å²) in [5.41, 5.74) is 0.264. The van der Waals surface area contributed by atoms with E-state index in [1.165, 1.54) is 19.3 Å². The summed E-state index contributed by atoms with van der Waals surface area (Å²) in [6.07, 6.45) is 3.58. The highest BCUT2D eigenvalue weighted by Crippen LogP contribution is 2.18. The summed E-state index contributed by atoms with van der Waals surface area (Å²) in [5, 5.41) is 14.5. The van der Waals surface area contributed by atoms with Crippen molar-refractivity contribution >= 4 is 5.97 Å². The number of methoxy groups -OCH3 is 1.